The van der Waals surface area contributed by atoms with Crippen molar-refractivity contribution in [3.8, 4) is 0 Å². The van der Waals surface area contributed by atoms with Crippen LogP contribution in [0.5, 0.6) is 0 Å². The second kappa shape index (κ2) is 4.83. The van der Waals surface area contributed by atoms with Crippen LogP contribution in [-0.2, 0) is 9.09 Å². The van der Waals surface area contributed by atoms with Gasteiger partial charge >= 0.3 is 12.5 Å². The monoisotopic (exact) mass is 252 g/mol. The van der Waals surface area contributed by atoms with Gasteiger partial charge in [-0.3, -0.25) is 0 Å². The number of nitrogens with zero attached hydrogens (tertiary/aromatic N) is 1. The molecule has 0 aliphatic carbocycles. The quantitative estimate of drug-likeness (QED) is 0.356. The molecule has 0 radical (unpaired) electrons. The second-order valence-electron chi connectivity index (χ2n) is 2.57. The molecule has 0 aliphatic rings. The van der Waals surface area contributed by atoms with Crippen LogP contribution in [0.25, 0.3) is 0 Å². The van der Waals surface area contributed by atoms with Crippen LogP contribution < -0.4 is 0 Å². The highest BCUT2D eigenvalue weighted by molar-refractivity contribution is 8.05. The van der Waals surface area contributed by atoms with Gasteiger partial charge in [0.05, 0.1) is 0 Å². The van der Waals surface area contributed by atoms with Crippen LogP contribution in [0.3, 0.4) is 0 Å². The SMILES string of the molecule is C[N+](=COP(=O)(Cl)Cl)c1ccccc1. The van der Waals surface area contributed by atoms with Crippen molar-refractivity contribution >= 4 is 40.6 Å². The van der Waals surface area contributed by atoms with Crippen LogP contribution in [0, 0.1) is 0 Å². The molecule has 0 aliphatic heterocycles. The van der Waals surface area contributed by atoms with E-state index in [-0.39, 0.29) is 0 Å². The van der Waals surface area contributed by atoms with Crippen molar-refractivity contribution in [2.75, 3.05) is 7.05 Å². The van der Waals surface area contributed by atoms with Gasteiger partial charge in [0.25, 0.3) is 0 Å². The fourth-order valence-electron chi connectivity index (χ4n) is 0.850. The van der Waals surface area contributed by atoms with Gasteiger partial charge in [-0.05, 0) is 0 Å². The lowest BCUT2D eigenvalue weighted by Crippen LogP contribution is -1.99. The summed E-state index contributed by atoms with van der Waals surface area (Å²) in [5.74, 6) is 0. The molecule has 0 fully saturated rings. The number of benzene rings is 1. The molecule has 76 valence electrons. The highest BCUT2D eigenvalue weighted by atomic mass is 35.9. The summed E-state index contributed by atoms with van der Waals surface area (Å²) in [6.45, 7) is 0. The molecule has 0 atom stereocenters. The molecular formula is C8H9Cl2NO2P+. The van der Waals surface area contributed by atoms with Gasteiger partial charge in [-0.1, -0.05) is 18.2 Å². The Morgan fingerprint density at radius 1 is 1.36 bits per heavy atom. The Bertz CT molecular complexity index is 374. The zero-order valence-corrected chi connectivity index (χ0v) is 9.84. The Morgan fingerprint density at radius 3 is 2.43 bits per heavy atom. The molecule has 14 heavy (non-hydrogen) atoms. The second-order valence-corrected chi connectivity index (χ2v) is 6.80. The van der Waals surface area contributed by atoms with E-state index in [1.54, 1.807) is 11.6 Å². The first-order chi connectivity index (χ1) is 6.49. The molecule has 3 nitrogen and oxygen atoms in total. The van der Waals surface area contributed by atoms with Crippen molar-refractivity contribution in [3.05, 3.63) is 30.3 Å². The molecule has 1 aromatic carbocycles. The molecule has 0 saturated heterocycles. The van der Waals surface area contributed by atoms with Crippen LogP contribution in [0.1, 0.15) is 0 Å². The minimum Gasteiger partial charge on any atom is -0.373 e. The van der Waals surface area contributed by atoms with E-state index >= 15 is 0 Å². The Balaban J connectivity index is 2.76. The molecule has 1 aromatic rings. The molecule has 0 unspecified atom stereocenters. The van der Waals surface area contributed by atoms with Crippen molar-refractivity contribution in [3.63, 3.8) is 0 Å². The smallest absolute Gasteiger partial charge is 0.373 e. The average Bonchev–Trinajstić information content (AvgIpc) is 2.14. The van der Waals surface area contributed by atoms with Crippen LogP contribution in [0.2, 0.25) is 0 Å². The third-order valence-electron chi connectivity index (χ3n) is 1.49. The third-order valence-corrected chi connectivity index (χ3v) is 2.31. The number of hydrogen-bond donors (Lipinski definition) is 0. The minimum absolute atomic E-state index is 0.884. The van der Waals surface area contributed by atoms with Crippen LogP contribution in [0.15, 0.2) is 30.3 Å². The fourth-order valence-corrected chi connectivity index (χ4v) is 1.31. The maximum atomic E-state index is 10.8. The number of rotatable bonds is 3. The van der Waals surface area contributed by atoms with E-state index in [2.05, 4.69) is 4.52 Å². The molecule has 0 heterocycles. The van der Waals surface area contributed by atoms with Gasteiger partial charge in [0.2, 0.25) is 5.69 Å². The summed E-state index contributed by atoms with van der Waals surface area (Å²) < 4.78 is 17.1. The molecule has 0 amide bonds. The summed E-state index contributed by atoms with van der Waals surface area (Å²) in [6.07, 6.45) is -2.27. The molecule has 0 saturated carbocycles. The molecular weight excluding hydrogens is 244 g/mol. The lowest BCUT2D eigenvalue weighted by molar-refractivity contribution is -0.407. The van der Waals surface area contributed by atoms with E-state index in [1.807, 2.05) is 30.3 Å². The molecule has 6 heteroatoms. The zero-order chi connectivity index (χ0) is 10.6. The van der Waals surface area contributed by atoms with Crippen LogP contribution >= 0.6 is 28.6 Å². The van der Waals surface area contributed by atoms with Crippen molar-refractivity contribution < 1.29 is 13.7 Å². The molecule has 0 spiro atoms. The number of para-hydroxylation sites is 1. The predicted octanol–water partition coefficient (Wildman–Crippen LogP) is 3.59. The maximum absolute atomic E-state index is 10.8. The summed E-state index contributed by atoms with van der Waals surface area (Å²) >= 11 is 10.4. The third kappa shape index (κ3) is 4.14. The largest absolute Gasteiger partial charge is 0.431 e. The number of hydrogen-bond acceptors (Lipinski definition) is 2. The first-order valence-electron chi connectivity index (χ1n) is 3.78. The maximum Gasteiger partial charge on any atom is 0.431 e. The topological polar surface area (TPSA) is 29.3 Å². The zero-order valence-electron chi connectivity index (χ0n) is 7.43. The van der Waals surface area contributed by atoms with Gasteiger partial charge in [-0.2, -0.15) is 4.58 Å². The molecule has 0 aromatic heterocycles. The first-order valence-corrected chi connectivity index (χ1v) is 7.21. The van der Waals surface area contributed by atoms with Gasteiger partial charge in [0, 0.05) is 34.6 Å². The van der Waals surface area contributed by atoms with Crippen molar-refractivity contribution in [2.45, 2.75) is 0 Å². The van der Waals surface area contributed by atoms with Crippen molar-refractivity contribution in [1.29, 1.82) is 0 Å². The van der Waals surface area contributed by atoms with Gasteiger partial charge < -0.3 is 4.52 Å². The molecule has 0 bridgehead atoms. The average molecular weight is 253 g/mol. The van der Waals surface area contributed by atoms with Gasteiger partial charge in [0.15, 0.2) is 0 Å². The van der Waals surface area contributed by atoms with Crippen LogP contribution in [-0.4, -0.2) is 18.0 Å². The van der Waals surface area contributed by atoms with Gasteiger partial charge in [-0.25, -0.2) is 4.57 Å². The molecule has 1 rings (SSSR count). The fraction of sp³-hybridized carbons (Fsp3) is 0.125. The van der Waals surface area contributed by atoms with Crippen LogP contribution in [0.4, 0.5) is 5.69 Å². The Morgan fingerprint density at radius 2 is 1.93 bits per heavy atom. The van der Waals surface area contributed by atoms with Gasteiger partial charge in [0.1, 0.15) is 7.05 Å². The highest BCUT2D eigenvalue weighted by Crippen LogP contribution is 2.56. The predicted molar refractivity (Wildman–Crippen MR) is 58.7 cm³/mol. The van der Waals surface area contributed by atoms with E-state index in [4.69, 9.17) is 22.5 Å². The summed E-state index contributed by atoms with van der Waals surface area (Å²) in [5, 5.41) is 0. The summed E-state index contributed by atoms with van der Waals surface area (Å²) in [5.41, 5.74) is 0.884. The lowest BCUT2D eigenvalue weighted by Gasteiger charge is -1.98. The summed E-state index contributed by atoms with van der Waals surface area (Å²) in [6, 6.07) is 9.38. The Labute approximate surface area is 91.9 Å². The normalized spacial score (nSPS) is 12.6. The Hall–Kier alpha value is -0.500. The van der Waals surface area contributed by atoms with Gasteiger partial charge in [-0.15, -0.1) is 0 Å². The van der Waals surface area contributed by atoms with E-state index in [0.717, 1.165) is 5.69 Å². The Kier molecular flexibility index (Phi) is 3.99. The lowest BCUT2D eigenvalue weighted by atomic mass is 10.3. The highest BCUT2D eigenvalue weighted by Gasteiger charge is 2.15. The van der Waals surface area contributed by atoms with Crippen molar-refractivity contribution in [1.82, 2.24) is 0 Å². The summed E-state index contributed by atoms with van der Waals surface area (Å²) in [4.78, 5) is 0. The standard InChI is InChI=1S/C8H9Cl2NO2P/c1-11(7-13-14(9,10)12)8-5-3-2-4-6-8/h2-7H,1H3/q+1. The summed E-state index contributed by atoms with van der Waals surface area (Å²) in [7, 11) is 1.73. The van der Waals surface area contributed by atoms with E-state index in [9.17, 15) is 4.57 Å². The van der Waals surface area contributed by atoms with E-state index in [1.165, 1.54) is 6.40 Å². The van der Waals surface area contributed by atoms with E-state index in [0.29, 0.717) is 0 Å². The van der Waals surface area contributed by atoms with E-state index < -0.39 is 6.07 Å². The first kappa shape index (κ1) is 11.6. The number of halogens is 2. The minimum atomic E-state index is -3.49. The molecule has 0 N–H and O–H groups in total. The van der Waals surface area contributed by atoms with Crippen molar-refractivity contribution in [2.24, 2.45) is 0 Å².